The molecule has 2 amide bonds. The third-order valence-corrected chi connectivity index (χ3v) is 4.10. The summed E-state index contributed by atoms with van der Waals surface area (Å²) in [6.45, 7) is 7.20. The van der Waals surface area contributed by atoms with Gasteiger partial charge in [0.1, 0.15) is 0 Å². The van der Waals surface area contributed by atoms with Gasteiger partial charge < -0.3 is 24.4 Å². The Labute approximate surface area is 144 Å². The molecule has 1 aromatic carbocycles. The summed E-state index contributed by atoms with van der Waals surface area (Å²) in [4.78, 5) is 14.1. The van der Waals surface area contributed by atoms with E-state index in [0.717, 1.165) is 38.1 Å². The Hall–Kier alpha value is -1.95. The zero-order chi connectivity index (χ0) is 17.4. The molecule has 1 N–H and O–H groups in total. The smallest absolute Gasteiger partial charge is 0.317 e. The quantitative estimate of drug-likeness (QED) is 0.832. The van der Waals surface area contributed by atoms with Crippen molar-refractivity contribution in [2.45, 2.75) is 39.3 Å². The summed E-state index contributed by atoms with van der Waals surface area (Å²) in [6, 6.07) is 5.68. The molecule has 1 aliphatic heterocycles. The van der Waals surface area contributed by atoms with Gasteiger partial charge in [0, 0.05) is 26.2 Å². The summed E-state index contributed by atoms with van der Waals surface area (Å²) >= 11 is 0. The third kappa shape index (κ3) is 5.03. The van der Waals surface area contributed by atoms with E-state index >= 15 is 0 Å². The van der Waals surface area contributed by atoms with Crippen molar-refractivity contribution in [2.75, 3.05) is 33.4 Å². The van der Waals surface area contributed by atoms with Crippen LogP contribution in [0, 0.1) is 0 Å². The molecule has 1 saturated heterocycles. The van der Waals surface area contributed by atoms with Crippen LogP contribution in [0.2, 0.25) is 0 Å². The maximum Gasteiger partial charge on any atom is 0.317 e. The lowest BCUT2D eigenvalue weighted by Gasteiger charge is -2.31. The number of urea groups is 1. The molecule has 1 aliphatic rings. The van der Waals surface area contributed by atoms with E-state index in [1.165, 1.54) is 0 Å². The van der Waals surface area contributed by atoms with Gasteiger partial charge in [-0.3, -0.25) is 0 Å². The second-order valence-corrected chi connectivity index (χ2v) is 5.72. The molecule has 24 heavy (non-hydrogen) atoms. The number of ether oxygens (including phenoxy) is 3. The van der Waals surface area contributed by atoms with Gasteiger partial charge in [-0.15, -0.1) is 0 Å². The number of piperidine rings is 1. The Kier molecular flexibility index (Phi) is 7.18. The molecular weight excluding hydrogens is 308 g/mol. The lowest BCUT2D eigenvalue weighted by Crippen LogP contribution is -2.45. The van der Waals surface area contributed by atoms with Crippen LogP contribution >= 0.6 is 0 Å². The van der Waals surface area contributed by atoms with Gasteiger partial charge in [0.25, 0.3) is 0 Å². The Morgan fingerprint density at radius 3 is 2.58 bits per heavy atom. The number of nitrogens with zero attached hydrogens (tertiary/aromatic N) is 1. The third-order valence-electron chi connectivity index (χ3n) is 4.10. The van der Waals surface area contributed by atoms with Gasteiger partial charge in [-0.2, -0.15) is 0 Å². The lowest BCUT2D eigenvalue weighted by atomic mass is 10.1. The van der Waals surface area contributed by atoms with Gasteiger partial charge in [0.15, 0.2) is 11.5 Å². The second kappa shape index (κ2) is 9.37. The van der Waals surface area contributed by atoms with Crippen molar-refractivity contribution in [3.05, 3.63) is 23.8 Å². The molecule has 6 nitrogen and oxygen atoms in total. The number of methoxy groups -OCH3 is 1. The SMILES string of the molecule is CCOc1ccc(CNC(=O)N2CCC(OCC)CC2)cc1OC. The molecule has 0 atom stereocenters. The summed E-state index contributed by atoms with van der Waals surface area (Å²) in [5.74, 6) is 1.40. The summed E-state index contributed by atoms with van der Waals surface area (Å²) in [7, 11) is 1.61. The number of likely N-dealkylation sites (tertiary alicyclic amines) is 1. The van der Waals surface area contributed by atoms with E-state index in [-0.39, 0.29) is 12.1 Å². The Balaban J connectivity index is 1.83. The molecule has 134 valence electrons. The average molecular weight is 336 g/mol. The fraction of sp³-hybridized carbons (Fsp3) is 0.611. The normalized spacial score (nSPS) is 15.2. The number of hydrogen-bond acceptors (Lipinski definition) is 4. The predicted octanol–water partition coefficient (Wildman–Crippen LogP) is 2.80. The zero-order valence-electron chi connectivity index (χ0n) is 14.8. The van der Waals surface area contributed by atoms with Crippen molar-refractivity contribution in [3.8, 4) is 11.5 Å². The van der Waals surface area contributed by atoms with E-state index in [1.807, 2.05) is 36.9 Å². The van der Waals surface area contributed by atoms with Crippen LogP contribution < -0.4 is 14.8 Å². The number of carbonyl (C=O) groups is 1. The Morgan fingerprint density at radius 1 is 1.21 bits per heavy atom. The molecule has 1 aromatic rings. The monoisotopic (exact) mass is 336 g/mol. The fourth-order valence-electron chi connectivity index (χ4n) is 2.85. The first-order valence-electron chi connectivity index (χ1n) is 8.62. The maximum atomic E-state index is 12.3. The second-order valence-electron chi connectivity index (χ2n) is 5.72. The highest BCUT2D eigenvalue weighted by molar-refractivity contribution is 5.74. The van der Waals surface area contributed by atoms with E-state index in [2.05, 4.69) is 5.32 Å². The van der Waals surface area contributed by atoms with E-state index < -0.39 is 0 Å². The minimum atomic E-state index is -0.0298. The molecule has 2 rings (SSSR count). The highest BCUT2D eigenvalue weighted by Gasteiger charge is 2.22. The number of hydrogen-bond donors (Lipinski definition) is 1. The number of rotatable bonds is 7. The molecule has 1 heterocycles. The summed E-state index contributed by atoms with van der Waals surface area (Å²) in [5.41, 5.74) is 0.979. The van der Waals surface area contributed by atoms with Crippen molar-refractivity contribution < 1.29 is 19.0 Å². The molecule has 0 aliphatic carbocycles. The van der Waals surface area contributed by atoms with E-state index in [1.54, 1.807) is 7.11 Å². The summed E-state index contributed by atoms with van der Waals surface area (Å²) in [5, 5.41) is 2.97. The number of carbonyl (C=O) groups excluding carboxylic acids is 1. The number of nitrogens with one attached hydrogen (secondary N) is 1. The number of amides is 2. The Bertz CT molecular complexity index is 528. The van der Waals surface area contributed by atoms with Gasteiger partial charge in [-0.05, 0) is 44.4 Å². The van der Waals surface area contributed by atoms with Crippen molar-refractivity contribution >= 4 is 6.03 Å². The van der Waals surface area contributed by atoms with Crippen molar-refractivity contribution in [3.63, 3.8) is 0 Å². The van der Waals surface area contributed by atoms with Gasteiger partial charge >= 0.3 is 6.03 Å². The minimum Gasteiger partial charge on any atom is -0.493 e. The van der Waals surface area contributed by atoms with Crippen LogP contribution in [0.25, 0.3) is 0 Å². The highest BCUT2D eigenvalue weighted by Crippen LogP contribution is 2.28. The van der Waals surface area contributed by atoms with Crippen LogP contribution in [-0.4, -0.2) is 50.4 Å². The van der Waals surface area contributed by atoms with Crippen LogP contribution in [-0.2, 0) is 11.3 Å². The van der Waals surface area contributed by atoms with Crippen molar-refractivity contribution in [1.29, 1.82) is 0 Å². The van der Waals surface area contributed by atoms with Gasteiger partial charge in [-0.1, -0.05) is 6.07 Å². The summed E-state index contributed by atoms with van der Waals surface area (Å²) < 4.78 is 16.4. The highest BCUT2D eigenvalue weighted by atomic mass is 16.5. The van der Waals surface area contributed by atoms with Crippen LogP contribution in [0.3, 0.4) is 0 Å². The zero-order valence-corrected chi connectivity index (χ0v) is 14.8. The molecule has 0 unspecified atom stereocenters. The number of benzene rings is 1. The van der Waals surface area contributed by atoms with Crippen LogP contribution in [0.5, 0.6) is 11.5 Å². The molecule has 1 fully saturated rings. The first-order chi connectivity index (χ1) is 11.7. The molecule has 0 spiro atoms. The van der Waals surface area contributed by atoms with Crippen molar-refractivity contribution in [2.24, 2.45) is 0 Å². The average Bonchev–Trinajstić information content (AvgIpc) is 2.61. The molecule has 0 aromatic heterocycles. The van der Waals surface area contributed by atoms with E-state index in [4.69, 9.17) is 14.2 Å². The largest absolute Gasteiger partial charge is 0.493 e. The topological polar surface area (TPSA) is 60.0 Å². The van der Waals surface area contributed by atoms with E-state index in [9.17, 15) is 4.79 Å². The van der Waals surface area contributed by atoms with Gasteiger partial charge in [0.2, 0.25) is 0 Å². The minimum absolute atomic E-state index is 0.0298. The van der Waals surface area contributed by atoms with E-state index in [0.29, 0.717) is 24.7 Å². The predicted molar refractivity (Wildman–Crippen MR) is 92.6 cm³/mol. The van der Waals surface area contributed by atoms with Crippen LogP contribution in [0.1, 0.15) is 32.3 Å². The van der Waals surface area contributed by atoms with Crippen molar-refractivity contribution in [1.82, 2.24) is 10.2 Å². The molecule has 6 heteroatoms. The first kappa shape index (κ1) is 18.4. The van der Waals surface area contributed by atoms with Gasteiger partial charge in [0.05, 0.1) is 19.8 Å². The molecule has 0 bridgehead atoms. The molecule has 0 saturated carbocycles. The van der Waals surface area contributed by atoms with Crippen LogP contribution in [0.4, 0.5) is 4.79 Å². The van der Waals surface area contributed by atoms with Crippen LogP contribution in [0.15, 0.2) is 18.2 Å². The fourth-order valence-corrected chi connectivity index (χ4v) is 2.85. The Morgan fingerprint density at radius 2 is 1.96 bits per heavy atom. The molecule has 0 radical (unpaired) electrons. The summed E-state index contributed by atoms with van der Waals surface area (Å²) in [6.07, 6.45) is 2.09. The maximum absolute atomic E-state index is 12.3. The first-order valence-corrected chi connectivity index (χ1v) is 8.62. The van der Waals surface area contributed by atoms with Gasteiger partial charge in [-0.25, -0.2) is 4.79 Å². The standard InChI is InChI=1S/C18H28N2O4/c1-4-23-15-8-10-20(11-9-15)18(21)19-13-14-6-7-16(24-5-2)17(12-14)22-3/h6-7,12,15H,4-5,8-11,13H2,1-3H3,(H,19,21). The molecular formula is C18H28N2O4. The lowest BCUT2D eigenvalue weighted by molar-refractivity contribution is 0.0220.